The van der Waals surface area contributed by atoms with Crippen molar-refractivity contribution in [1.29, 1.82) is 5.41 Å². The van der Waals surface area contributed by atoms with E-state index in [0.29, 0.717) is 0 Å². The molecule has 0 fully saturated rings. The molecule has 0 unspecified atom stereocenters. The molecular weight excluding hydrogens is 287 g/mol. The van der Waals surface area contributed by atoms with Gasteiger partial charge in [-0.25, -0.2) is 0 Å². The zero-order valence-electron chi connectivity index (χ0n) is 8.36. The Morgan fingerprint density at radius 2 is 2.06 bits per heavy atom. The highest BCUT2D eigenvalue weighted by molar-refractivity contribution is 9.10. The third-order valence-corrected chi connectivity index (χ3v) is 2.51. The van der Waals surface area contributed by atoms with E-state index in [1.54, 1.807) is 6.92 Å². The molecule has 0 saturated heterocycles. The van der Waals surface area contributed by atoms with E-state index < -0.39 is 11.7 Å². The number of benzene rings is 1. The molecule has 0 radical (unpaired) electrons. The van der Waals surface area contributed by atoms with Crippen LogP contribution in [0.3, 0.4) is 0 Å². The van der Waals surface area contributed by atoms with Gasteiger partial charge < -0.3 is 4.74 Å². The first-order chi connectivity index (χ1) is 7.36. The second-order valence-electron chi connectivity index (χ2n) is 2.95. The number of hydrogen-bond acceptors (Lipinski definition) is 2. The minimum atomic E-state index is -4.44. The minimum Gasteiger partial charge on any atom is -0.478 e. The largest absolute Gasteiger partial charge is 0.478 e. The smallest absolute Gasteiger partial charge is 0.417 e. The van der Waals surface area contributed by atoms with Crippen LogP contribution >= 0.6 is 15.9 Å². The van der Waals surface area contributed by atoms with Crippen LogP contribution in [0.15, 0.2) is 22.7 Å². The lowest BCUT2D eigenvalue weighted by Gasteiger charge is -2.11. The minimum absolute atomic E-state index is 0.0481. The Labute approximate surface area is 99.1 Å². The summed E-state index contributed by atoms with van der Waals surface area (Å²) in [5.41, 5.74) is -0.702. The van der Waals surface area contributed by atoms with Gasteiger partial charge in [-0.3, -0.25) is 5.41 Å². The van der Waals surface area contributed by atoms with Crippen LogP contribution in [-0.4, -0.2) is 12.5 Å². The summed E-state index contributed by atoms with van der Waals surface area (Å²) >= 11 is 2.82. The van der Waals surface area contributed by atoms with Crippen LogP contribution in [0.25, 0.3) is 0 Å². The molecule has 16 heavy (non-hydrogen) atoms. The normalized spacial score (nSPS) is 11.3. The Morgan fingerprint density at radius 3 is 2.56 bits per heavy atom. The maximum absolute atomic E-state index is 12.5. The van der Waals surface area contributed by atoms with E-state index in [2.05, 4.69) is 15.9 Å². The van der Waals surface area contributed by atoms with Gasteiger partial charge in [-0.2, -0.15) is 13.2 Å². The molecule has 0 saturated carbocycles. The van der Waals surface area contributed by atoms with Gasteiger partial charge in [0.1, 0.15) is 0 Å². The Kier molecular flexibility index (Phi) is 3.96. The van der Waals surface area contributed by atoms with Crippen molar-refractivity contribution in [2.75, 3.05) is 6.61 Å². The van der Waals surface area contributed by atoms with Crippen molar-refractivity contribution in [2.24, 2.45) is 0 Å². The van der Waals surface area contributed by atoms with Crippen molar-refractivity contribution in [3.05, 3.63) is 33.8 Å². The molecule has 2 nitrogen and oxygen atoms in total. The summed E-state index contributed by atoms with van der Waals surface area (Å²) in [6, 6.07) is 3.55. The SMILES string of the molecule is CCOC(=N)c1ccc(Br)c(C(F)(F)F)c1. The maximum Gasteiger partial charge on any atom is 0.417 e. The number of hydrogen-bond donors (Lipinski definition) is 1. The van der Waals surface area contributed by atoms with E-state index in [1.807, 2.05) is 0 Å². The third-order valence-electron chi connectivity index (χ3n) is 1.82. The maximum atomic E-state index is 12.5. The van der Waals surface area contributed by atoms with Gasteiger partial charge in [-0.05, 0) is 25.1 Å². The van der Waals surface area contributed by atoms with Gasteiger partial charge in [0.25, 0.3) is 0 Å². The summed E-state index contributed by atoms with van der Waals surface area (Å²) in [5, 5.41) is 7.40. The number of rotatable bonds is 2. The molecule has 88 valence electrons. The zero-order chi connectivity index (χ0) is 12.3. The summed E-state index contributed by atoms with van der Waals surface area (Å²) < 4.78 is 42.4. The van der Waals surface area contributed by atoms with Gasteiger partial charge in [0.05, 0.1) is 12.2 Å². The quantitative estimate of drug-likeness (QED) is 0.653. The van der Waals surface area contributed by atoms with Crippen LogP contribution in [0.2, 0.25) is 0 Å². The Bertz CT molecular complexity index is 404. The van der Waals surface area contributed by atoms with Crippen LogP contribution in [0.4, 0.5) is 13.2 Å². The van der Waals surface area contributed by atoms with Crippen molar-refractivity contribution >= 4 is 21.8 Å². The van der Waals surface area contributed by atoms with Gasteiger partial charge in [-0.1, -0.05) is 15.9 Å². The molecule has 0 heterocycles. The molecule has 0 aliphatic carbocycles. The highest BCUT2D eigenvalue weighted by Gasteiger charge is 2.33. The second-order valence-corrected chi connectivity index (χ2v) is 3.81. The van der Waals surface area contributed by atoms with Gasteiger partial charge >= 0.3 is 6.18 Å². The van der Waals surface area contributed by atoms with E-state index in [-0.39, 0.29) is 22.5 Å². The molecule has 0 aliphatic heterocycles. The topological polar surface area (TPSA) is 33.1 Å². The molecule has 0 aliphatic rings. The van der Waals surface area contributed by atoms with Gasteiger partial charge in [0, 0.05) is 10.0 Å². The van der Waals surface area contributed by atoms with Crippen molar-refractivity contribution in [2.45, 2.75) is 13.1 Å². The Morgan fingerprint density at radius 1 is 1.44 bits per heavy atom. The molecule has 0 spiro atoms. The van der Waals surface area contributed by atoms with Gasteiger partial charge in [0.15, 0.2) is 0 Å². The standard InChI is InChI=1S/C10H9BrF3NO/c1-2-16-9(15)6-3-4-8(11)7(5-6)10(12,13)14/h3-5,15H,2H2,1H3. The average molecular weight is 296 g/mol. The average Bonchev–Trinajstić information content (AvgIpc) is 2.16. The molecule has 1 aromatic rings. The Hall–Kier alpha value is -1.04. The van der Waals surface area contributed by atoms with Crippen molar-refractivity contribution in [3.63, 3.8) is 0 Å². The lowest BCUT2D eigenvalue weighted by Crippen LogP contribution is -2.10. The molecule has 0 amide bonds. The van der Waals surface area contributed by atoms with Crippen LogP contribution < -0.4 is 0 Å². The summed E-state index contributed by atoms with van der Waals surface area (Å²) in [4.78, 5) is 0. The first-order valence-electron chi connectivity index (χ1n) is 4.44. The summed E-state index contributed by atoms with van der Waals surface area (Å²) in [6.07, 6.45) is -4.44. The molecular formula is C10H9BrF3NO. The monoisotopic (exact) mass is 295 g/mol. The molecule has 1 aromatic carbocycles. The van der Waals surface area contributed by atoms with E-state index >= 15 is 0 Å². The summed E-state index contributed by atoms with van der Waals surface area (Å²) in [6.45, 7) is 1.91. The van der Waals surface area contributed by atoms with E-state index in [4.69, 9.17) is 10.1 Å². The molecule has 6 heteroatoms. The van der Waals surface area contributed by atoms with Crippen molar-refractivity contribution in [3.8, 4) is 0 Å². The predicted octanol–water partition coefficient (Wildman–Crippen LogP) is 3.83. The van der Waals surface area contributed by atoms with Crippen LogP contribution in [0, 0.1) is 5.41 Å². The third kappa shape index (κ3) is 2.98. The summed E-state index contributed by atoms with van der Waals surface area (Å²) in [5.74, 6) is -0.263. The molecule has 0 aromatic heterocycles. The fraction of sp³-hybridized carbons (Fsp3) is 0.300. The van der Waals surface area contributed by atoms with E-state index in [0.717, 1.165) is 6.07 Å². The van der Waals surface area contributed by atoms with Crippen LogP contribution in [0.1, 0.15) is 18.1 Å². The number of halogens is 4. The second kappa shape index (κ2) is 4.86. The van der Waals surface area contributed by atoms with Crippen molar-refractivity contribution < 1.29 is 17.9 Å². The number of alkyl halides is 3. The van der Waals surface area contributed by atoms with Crippen LogP contribution in [-0.2, 0) is 10.9 Å². The first-order valence-corrected chi connectivity index (χ1v) is 5.24. The zero-order valence-corrected chi connectivity index (χ0v) is 9.95. The van der Waals surface area contributed by atoms with Crippen LogP contribution in [0.5, 0.6) is 0 Å². The van der Waals surface area contributed by atoms with Gasteiger partial charge in [-0.15, -0.1) is 0 Å². The molecule has 0 atom stereocenters. The fourth-order valence-corrected chi connectivity index (χ4v) is 1.58. The molecule has 1 rings (SSSR count). The molecule has 0 bridgehead atoms. The lowest BCUT2D eigenvalue weighted by atomic mass is 10.1. The lowest BCUT2D eigenvalue weighted by molar-refractivity contribution is -0.138. The number of ether oxygens (including phenoxy) is 1. The highest BCUT2D eigenvalue weighted by atomic mass is 79.9. The van der Waals surface area contributed by atoms with E-state index in [1.165, 1.54) is 12.1 Å². The number of nitrogens with one attached hydrogen (secondary N) is 1. The van der Waals surface area contributed by atoms with Gasteiger partial charge in [0.2, 0.25) is 5.90 Å². The predicted molar refractivity (Wildman–Crippen MR) is 57.6 cm³/mol. The van der Waals surface area contributed by atoms with Crippen molar-refractivity contribution in [1.82, 2.24) is 0 Å². The highest BCUT2D eigenvalue weighted by Crippen LogP contribution is 2.35. The summed E-state index contributed by atoms with van der Waals surface area (Å²) in [7, 11) is 0. The first kappa shape index (κ1) is 13.0. The Balaban J connectivity index is 3.13. The molecule has 1 N–H and O–H groups in total. The fourth-order valence-electron chi connectivity index (χ4n) is 1.11. The van der Waals surface area contributed by atoms with E-state index in [9.17, 15) is 13.2 Å².